The molecule has 9 nitrogen and oxygen atoms in total. The van der Waals surface area contributed by atoms with Crippen LogP contribution in [0.25, 0.3) is 0 Å². The third kappa shape index (κ3) is 2.84. The fourth-order valence-electron chi connectivity index (χ4n) is 2.35. The van der Waals surface area contributed by atoms with Gasteiger partial charge in [-0.1, -0.05) is 17.8 Å². The number of nitro groups is 1. The first kappa shape index (κ1) is 15.3. The highest BCUT2D eigenvalue weighted by Gasteiger charge is 2.35. The van der Waals surface area contributed by atoms with Crippen LogP contribution in [0.15, 0.2) is 29.4 Å². The van der Waals surface area contributed by atoms with Crippen LogP contribution in [-0.2, 0) is 4.79 Å². The van der Waals surface area contributed by atoms with E-state index in [4.69, 9.17) is 5.84 Å². The van der Waals surface area contributed by atoms with Gasteiger partial charge in [0.15, 0.2) is 0 Å². The molecule has 0 saturated carbocycles. The van der Waals surface area contributed by atoms with E-state index in [0.29, 0.717) is 29.6 Å². The van der Waals surface area contributed by atoms with E-state index in [1.807, 2.05) is 0 Å². The number of nitrogens with two attached hydrogens (primary N) is 1. The summed E-state index contributed by atoms with van der Waals surface area (Å²) >= 11 is 1.25. The molecule has 1 atom stereocenters. The maximum Gasteiger partial charge on any atom is 0.271 e. The Kier molecular flexibility index (Phi) is 3.90. The Hall–Kier alpha value is -2.62. The summed E-state index contributed by atoms with van der Waals surface area (Å²) < 4.78 is 1.34. The number of amides is 1. The van der Waals surface area contributed by atoms with Crippen molar-refractivity contribution >= 4 is 29.0 Å². The van der Waals surface area contributed by atoms with Crippen LogP contribution < -0.4 is 10.7 Å². The second-order valence-electron chi connectivity index (χ2n) is 5.06. The van der Waals surface area contributed by atoms with Gasteiger partial charge < -0.3 is 10.7 Å². The summed E-state index contributed by atoms with van der Waals surface area (Å²) in [6.45, 7) is 2.22. The summed E-state index contributed by atoms with van der Waals surface area (Å²) in [5.74, 6) is 6.24. The number of non-ortho nitro benzene ring substituents is 1. The van der Waals surface area contributed by atoms with E-state index >= 15 is 0 Å². The van der Waals surface area contributed by atoms with Gasteiger partial charge in [-0.05, 0) is 19.4 Å². The number of anilines is 1. The highest BCUT2D eigenvalue weighted by Crippen LogP contribution is 2.33. The summed E-state index contributed by atoms with van der Waals surface area (Å²) in [6.07, 6.45) is 0.609. The number of nitro benzene ring substituents is 1. The number of aryl methyl sites for hydroxylation is 1. The zero-order valence-corrected chi connectivity index (χ0v) is 13.1. The second-order valence-corrected chi connectivity index (χ2v) is 6.23. The standard InChI is InChI=1S/C13H14N6O3S/c1-8-15-16-13(18(8)14)23-11-5-6-17(12(11)20)9-3-2-4-10(7-9)19(21)22/h2-4,7,11H,5-6,14H2,1H3/t11-/m1/s1. The fourth-order valence-corrected chi connectivity index (χ4v) is 3.39. The van der Waals surface area contributed by atoms with Crippen molar-refractivity contribution in [3.05, 3.63) is 40.2 Å². The molecule has 0 unspecified atom stereocenters. The van der Waals surface area contributed by atoms with Crippen molar-refractivity contribution in [1.29, 1.82) is 0 Å². The largest absolute Gasteiger partial charge is 0.336 e. The number of nitrogens with zero attached hydrogens (tertiary/aromatic N) is 5. The molecule has 23 heavy (non-hydrogen) atoms. The van der Waals surface area contributed by atoms with Crippen LogP contribution >= 0.6 is 11.8 Å². The van der Waals surface area contributed by atoms with Gasteiger partial charge in [0.2, 0.25) is 11.1 Å². The van der Waals surface area contributed by atoms with E-state index in [0.717, 1.165) is 0 Å². The summed E-state index contributed by atoms with van der Waals surface area (Å²) in [5.41, 5.74) is 0.487. The average Bonchev–Trinajstić information content (AvgIpc) is 3.05. The van der Waals surface area contributed by atoms with Gasteiger partial charge in [-0.25, -0.2) is 4.68 Å². The summed E-state index contributed by atoms with van der Waals surface area (Å²) in [4.78, 5) is 24.5. The minimum absolute atomic E-state index is 0.0382. The van der Waals surface area contributed by atoms with Gasteiger partial charge in [0.1, 0.15) is 5.82 Å². The maximum atomic E-state index is 12.5. The Labute approximate surface area is 135 Å². The molecule has 0 aliphatic carbocycles. The number of hydrogen-bond acceptors (Lipinski definition) is 7. The van der Waals surface area contributed by atoms with E-state index in [1.54, 1.807) is 24.0 Å². The first-order valence-electron chi connectivity index (χ1n) is 6.87. The van der Waals surface area contributed by atoms with Crippen LogP contribution in [0.3, 0.4) is 0 Å². The molecule has 1 saturated heterocycles. The Morgan fingerprint density at radius 1 is 1.43 bits per heavy atom. The third-order valence-electron chi connectivity index (χ3n) is 3.59. The van der Waals surface area contributed by atoms with Gasteiger partial charge in [0, 0.05) is 18.7 Å². The zero-order valence-electron chi connectivity index (χ0n) is 12.2. The van der Waals surface area contributed by atoms with Gasteiger partial charge in [-0.3, -0.25) is 14.9 Å². The van der Waals surface area contributed by atoms with Crippen molar-refractivity contribution < 1.29 is 9.72 Å². The van der Waals surface area contributed by atoms with E-state index in [-0.39, 0.29) is 16.8 Å². The number of carbonyl (C=O) groups excluding carboxylic acids is 1. The van der Waals surface area contributed by atoms with Crippen molar-refractivity contribution in [2.75, 3.05) is 17.3 Å². The molecule has 0 bridgehead atoms. The lowest BCUT2D eigenvalue weighted by molar-refractivity contribution is -0.384. The van der Waals surface area contributed by atoms with E-state index in [2.05, 4.69) is 10.2 Å². The summed E-state index contributed by atoms with van der Waals surface area (Å²) in [5, 5.41) is 18.8. The molecule has 120 valence electrons. The van der Waals surface area contributed by atoms with E-state index < -0.39 is 4.92 Å². The van der Waals surface area contributed by atoms with Crippen LogP contribution in [-0.4, -0.2) is 37.5 Å². The molecule has 2 aromatic rings. The highest BCUT2D eigenvalue weighted by atomic mass is 32.2. The lowest BCUT2D eigenvalue weighted by Crippen LogP contribution is -2.28. The topological polar surface area (TPSA) is 120 Å². The lowest BCUT2D eigenvalue weighted by Gasteiger charge is -2.16. The monoisotopic (exact) mass is 334 g/mol. The number of nitrogen functional groups attached to an aromatic ring is 1. The molecule has 1 aromatic heterocycles. The number of carbonyl (C=O) groups is 1. The zero-order chi connectivity index (χ0) is 16.6. The van der Waals surface area contributed by atoms with Crippen molar-refractivity contribution in [2.24, 2.45) is 0 Å². The van der Waals surface area contributed by atoms with Gasteiger partial charge in [-0.15, -0.1) is 10.2 Å². The van der Waals surface area contributed by atoms with Crippen LogP contribution in [0.1, 0.15) is 12.2 Å². The number of thioether (sulfide) groups is 1. The molecule has 1 aromatic carbocycles. The Balaban J connectivity index is 1.77. The van der Waals surface area contributed by atoms with Crippen LogP contribution in [0, 0.1) is 17.0 Å². The molecule has 1 amide bonds. The molecule has 1 aliphatic rings. The molecule has 0 spiro atoms. The van der Waals surface area contributed by atoms with Gasteiger partial charge in [0.25, 0.3) is 5.69 Å². The molecular formula is C13H14N6O3S. The molecule has 1 aliphatic heterocycles. The normalized spacial score (nSPS) is 17.7. The molecule has 1 fully saturated rings. The van der Waals surface area contributed by atoms with Crippen molar-refractivity contribution in [3.63, 3.8) is 0 Å². The minimum Gasteiger partial charge on any atom is -0.336 e. The quantitative estimate of drug-likeness (QED) is 0.505. The van der Waals surface area contributed by atoms with Crippen LogP contribution in [0.4, 0.5) is 11.4 Å². The second kappa shape index (κ2) is 5.88. The molecule has 2 N–H and O–H groups in total. The van der Waals surface area contributed by atoms with Crippen molar-refractivity contribution in [2.45, 2.75) is 23.8 Å². The number of benzene rings is 1. The van der Waals surface area contributed by atoms with Gasteiger partial charge in [0.05, 0.1) is 15.9 Å². The Bertz CT molecular complexity index is 777. The maximum absolute atomic E-state index is 12.5. The van der Waals surface area contributed by atoms with Crippen LogP contribution in [0.5, 0.6) is 0 Å². The molecular weight excluding hydrogens is 320 g/mol. The Morgan fingerprint density at radius 3 is 2.87 bits per heavy atom. The summed E-state index contributed by atoms with van der Waals surface area (Å²) in [6, 6.07) is 6.06. The highest BCUT2D eigenvalue weighted by molar-refractivity contribution is 8.00. The molecule has 0 radical (unpaired) electrons. The summed E-state index contributed by atoms with van der Waals surface area (Å²) in [7, 11) is 0. The van der Waals surface area contributed by atoms with Crippen LogP contribution in [0.2, 0.25) is 0 Å². The van der Waals surface area contributed by atoms with Gasteiger partial charge in [-0.2, -0.15) is 0 Å². The predicted octanol–water partition coefficient (Wildman–Crippen LogP) is 1.11. The van der Waals surface area contributed by atoms with Crippen molar-refractivity contribution in [1.82, 2.24) is 14.9 Å². The molecule has 10 heteroatoms. The predicted molar refractivity (Wildman–Crippen MR) is 84.6 cm³/mol. The van der Waals surface area contributed by atoms with Gasteiger partial charge >= 0.3 is 0 Å². The Morgan fingerprint density at radius 2 is 2.22 bits per heavy atom. The SMILES string of the molecule is Cc1nnc(S[C@@H]2CCN(c3cccc([N+](=O)[O-])c3)C2=O)n1N. The first-order chi connectivity index (χ1) is 11.0. The molecule has 3 rings (SSSR count). The van der Waals surface area contributed by atoms with Crippen molar-refractivity contribution in [3.8, 4) is 0 Å². The average molecular weight is 334 g/mol. The first-order valence-corrected chi connectivity index (χ1v) is 7.75. The molecule has 2 heterocycles. The number of rotatable bonds is 4. The smallest absolute Gasteiger partial charge is 0.271 e. The van der Waals surface area contributed by atoms with E-state index in [1.165, 1.54) is 28.6 Å². The fraction of sp³-hybridized carbons (Fsp3) is 0.308. The number of hydrogen-bond donors (Lipinski definition) is 1. The van der Waals surface area contributed by atoms with E-state index in [9.17, 15) is 14.9 Å². The lowest BCUT2D eigenvalue weighted by atomic mass is 10.2. The third-order valence-corrected chi connectivity index (χ3v) is 4.80. The number of aromatic nitrogens is 3. The minimum atomic E-state index is -0.476.